The number of carbonyl (C=O) groups excluding carboxylic acids is 2. The van der Waals surface area contributed by atoms with Gasteiger partial charge in [0.1, 0.15) is 11.6 Å². The summed E-state index contributed by atoms with van der Waals surface area (Å²) in [7, 11) is 0. The van der Waals surface area contributed by atoms with Crippen molar-refractivity contribution in [3.8, 4) is 6.19 Å². The number of likely N-dealkylation sites (tertiary alicyclic amines) is 1. The van der Waals surface area contributed by atoms with Crippen LogP contribution in [0.1, 0.15) is 38.6 Å². The topological polar surface area (TPSA) is 205 Å². The fraction of sp³-hybridized carbons (Fsp3) is 0.357. The SMILES string of the molecule is N#C/N=C(\NC[C@H](NC(=O)c1c(Cl)cc2c(c1Cl)CCN(C(=O)c1nc3ccccc3o1)C2)C(=O)O)N1C[C@H](O)C[C@H](O)C1. The monoisotopic (exact) mass is 643 g/mol. The highest BCUT2D eigenvalue weighted by molar-refractivity contribution is 6.40. The first-order valence-electron chi connectivity index (χ1n) is 13.6. The number of rotatable bonds is 6. The molecule has 1 fully saturated rings. The summed E-state index contributed by atoms with van der Waals surface area (Å²) in [5.41, 5.74) is 2.14. The number of β-amino-alcohol motifs (C(OH)–C–C–N with tert-alkyl or cyclic N) is 2. The Kier molecular flexibility index (Phi) is 9.21. The van der Waals surface area contributed by atoms with Gasteiger partial charge in [-0.15, -0.1) is 4.99 Å². The van der Waals surface area contributed by atoms with E-state index in [1.165, 1.54) is 15.9 Å². The van der Waals surface area contributed by atoms with E-state index in [9.17, 15) is 29.7 Å². The molecule has 3 aromatic rings. The minimum absolute atomic E-state index is 0.0393. The molecule has 5 rings (SSSR count). The highest BCUT2D eigenvalue weighted by Crippen LogP contribution is 2.35. The van der Waals surface area contributed by atoms with Crippen molar-refractivity contribution < 1.29 is 34.1 Å². The molecule has 230 valence electrons. The zero-order valence-corrected chi connectivity index (χ0v) is 24.5. The van der Waals surface area contributed by atoms with Gasteiger partial charge in [0, 0.05) is 39.1 Å². The van der Waals surface area contributed by atoms with Gasteiger partial charge in [0.15, 0.2) is 5.58 Å². The van der Waals surface area contributed by atoms with Crippen LogP contribution in [-0.4, -0.2) is 98.3 Å². The number of fused-ring (bicyclic) bond motifs is 2. The number of aromatic nitrogens is 1. The van der Waals surface area contributed by atoms with E-state index in [2.05, 4.69) is 20.6 Å². The van der Waals surface area contributed by atoms with Crippen LogP contribution in [0, 0.1) is 11.5 Å². The van der Waals surface area contributed by atoms with Gasteiger partial charge >= 0.3 is 11.9 Å². The van der Waals surface area contributed by atoms with Gasteiger partial charge in [-0.3, -0.25) is 9.59 Å². The molecule has 0 unspecified atom stereocenters. The minimum Gasteiger partial charge on any atom is -0.480 e. The number of carboxylic acids is 1. The maximum atomic E-state index is 13.3. The van der Waals surface area contributed by atoms with Gasteiger partial charge in [-0.25, -0.2) is 9.78 Å². The summed E-state index contributed by atoms with van der Waals surface area (Å²) in [6.45, 7) is 0.128. The van der Waals surface area contributed by atoms with Crippen molar-refractivity contribution >= 4 is 58.0 Å². The molecule has 2 amide bonds. The number of piperidine rings is 1. The maximum Gasteiger partial charge on any atom is 0.328 e. The second-order valence-corrected chi connectivity index (χ2v) is 11.2. The van der Waals surface area contributed by atoms with Crippen LogP contribution in [0.15, 0.2) is 39.7 Å². The predicted molar refractivity (Wildman–Crippen MR) is 157 cm³/mol. The van der Waals surface area contributed by atoms with Gasteiger partial charge in [0.25, 0.3) is 11.8 Å². The van der Waals surface area contributed by atoms with Crippen molar-refractivity contribution in [2.75, 3.05) is 26.2 Å². The average Bonchev–Trinajstić information content (AvgIpc) is 3.41. The second-order valence-electron chi connectivity index (χ2n) is 10.4. The molecule has 3 atom stereocenters. The van der Waals surface area contributed by atoms with Crippen LogP contribution < -0.4 is 10.6 Å². The third-order valence-electron chi connectivity index (χ3n) is 7.33. The Morgan fingerprint density at radius 2 is 1.91 bits per heavy atom. The lowest BCUT2D eigenvalue weighted by molar-refractivity contribution is -0.139. The summed E-state index contributed by atoms with van der Waals surface area (Å²) >= 11 is 13.1. The van der Waals surface area contributed by atoms with E-state index < -0.39 is 42.6 Å². The smallest absolute Gasteiger partial charge is 0.328 e. The van der Waals surface area contributed by atoms with Crippen molar-refractivity contribution in [3.63, 3.8) is 0 Å². The van der Waals surface area contributed by atoms with Gasteiger partial charge < -0.3 is 40.2 Å². The first kappa shape index (κ1) is 31.0. The van der Waals surface area contributed by atoms with E-state index in [0.717, 1.165) is 0 Å². The zero-order valence-electron chi connectivity index (χ0n) is 23.0. The van der Waals surface area contributed by atoms with Crippen LogP contribution in [0.2, 0.25) is 10.0 Å². The summed E-state index contributed by atoms with van der Waals surface area (Å²) in [5.74, 6) is -2.76. The van der Waals surface area contributed by atoms with E-state index in [1.807, 2.05) is 0 Å². The molecule has 16 heteroatoms. The van der Waals surface area contributed by atoms with E-state index >= 15 is 0 Å². The molecule has 1 aromatic heterocycles. The van der Waals surface area contributed by atoms with Crippen molar-refractivity contribution in [2.45, 2.75) is 37.6 Å². The van der Waals surface area contributed by atoms with Crippen molar-refractivity contribution in [3.05, 3.63) is 63.0 Å². The number of amides is 2. The Bertz CT molecular complexity index is 1650. The summed E-state index contributed by atoms with van der Waals surface area (Å²) < 4.78 is 5.61. The molecule has 3 heterocycles. The van der Waals surface area contributed by atoms with Crippen LogP contribution in [-0.2, 0) is 17.8 Å². The summed E-state index contributed by atoms with van der Waals surface area (Å²) in [6.07, 6.45) is 0.298. The molecule has 0 radical (unpaired) electrons. The van der Waals surface area contributed by atoms with Crippen LogP contribution in [0.25, 0.3) is 11.1 Å². The predicted octanol–water partition coefficient (Wildman–Crippen LogP) is 1.37. The van der Waals surface area contributed by atoms with E-state index in [0.29, 0.717) is 28.6 Å². The van der Waals surface area contributed by atoms with Crippen LogP contribution in [0.4, 0.5) is 0 Å². The number of halogens is 2. The third kappa shape index (κ3) is 6.56. The largest absolute Gasteiger partial charge is 0.480 e. The number of aliphatic hydroxyl groups is 2. The van der Waals surface area contributed by atoms with E-state index in [4.69, 9.17) is 32.9 Å². The van der Waals surface area contributed by atoms with Gasteiger partial charge in [0.05, 0.1) is 27.8 Å². The van der Waals surface area contributed by atoms with Crippen molar-refractivity contribution in [1.29, 1.82) is 5.26 Å². The number of aliphatic hydroxyl groups excluding tert-OH is 2. The van der Waals surface area contributed by atoms with Gasteiger partial charge in [-0.05, 0) is 35.7 Å². The van der Waals surface area contributed by atoms with Crippen molar-refractivity contribution in [1.82, 2.24) is 25.4 Å². The summed E-state index contributed by atoms with van der Waals surface area (Å²) in [4.78, 5) is 49.3. The number of nitrogens with one attached hydrogen (secondary N) is 2. The zero-order chi connectivity index (χ0) is 31.5. The Morgan fingerprint density at radius 1 is 1.18 bits per heavy atom. The molecule has 14 nitrogen and oxygen atoms in total. The van der Waals surface area contributed by atoms with E-state index in [-0.39, 0.29) is 60.1 Å². The lowest BCUT2D eigenvalue weighted by Crippen LogP contribution is -2.55. The molecule has 0 saturated carbocycles. The number of nitriles is 1. The molecular weight excluding hydrogens is 617 g/mol. The Labute approximate surface area is 260 Å². The highest BCUT2D eigenvalue weighted by atomic mass is 35.5. The standard InChI is InChI=1S/C28H27Cl2N7O7/c29-18-7-14-10-36(26(41)25-35-19-3-1-2-4-21(19)44-25)6-5-17(14)23(30)22(18)24(40)34-20(27(42)43)9-32-28(33-13-31)37-11-15(38)8-16(39)12-37/h1-4,7,15-16,20,38-39H,5-6,8-12H2,(H,32,33)(H,34,40)(H,42,43)/t15-,16+,20-/m0/s1. The number of carboxylic acid groups (broad SMARTS) is 1. The number of carbonyl (C=O) groups is 3. The lowest BCUT2D eigenvalue weighted by atomic mass is 9.96. The summed E-state index contributed by atoms with van der Waals surface area (Å²) in [5, 5.41) is 43.9. The third-order valence-corrected chi connectivity index (χ3v) is 8.04. The van der Waals surface area contributed by atoms with Crippen LogP contribution >= 0.6 is 23.2 Å². The second kappa shape index (κ2) is 13.1. The number of aliphatic imine (C=N–C) groups is 1. The number of nitrogens with zero attached hydrogens (tertiary/aromatic N) is 5. The highest BCUT2D eigenvalue weighted by Gasteiger charge is 2.32. The molecule has 0 spiro atoms. The normalized spacial score (nSPS) is 19.2. The fourth-order valence-corrected chi connectivity index (χ4v) is 6.01. The Morgan fingerprint density at radius 3 is 2.59 bits per heavy atom. The maximum absolute atomic E-state index is 13.3. The lowest BCUT2D eigenvalue weighted by Gasteiger charge is -2.35. The van der Waals surface area contributed by atoms with Crippen molar-refractivity contribution in [2.24, 2.45) is 4.99 Å². The number of benzene rings is 2. The van der Waals surface area contributed by atoms with Crippen LogP contribution in [0.5, 0.6) is 0 Å². The summed E-state index contributed by atoms with van der Waals surface area (Å²) in [6, 6.07) is 7.03. The Hall–Kier alpha value is -4.42. The number of hydrogen-bond donors (Lipinski definition) is 5. The molecule has 2 aromatic carbocycles. The number of aliphatic carboxylic acids is 1. The molecule has 0 bridgehead atoms. The van der Waals surface area contributed by atoms with Gasteiger partial charge in [0.2, 0.25) is 12.2 Å². The molecule has 44 heavy (non-hydrogen) atoms. The number of guanidine groups is 1. The molecule has 1 saturated heterocycles. The first-order valence-corrected chi connectivity index (χ1v) is 14.3. The molecular formula is C28H27Cl2N7O7. The average molecular weight is 644 g/mol. The molecule has 2 aliphatic heterocycles. The molecule has 2 aliphatic rings. The number of hydrogen-bond acceptors (Lipinski definition) is 9. The minimum atomic E-state index is -1.50. The van der Waals surface area contributed by atoms with E-state index in [1.54, 1.807) is 30.5 Å². The Balaban J connectivity index is 1.28. The molecule has 0 aliphatic carbocycles. The number of para-hydroxylation sites is 2. The first-order chi connectivity index (χ1) is 21.0. The molecule has 5 N–H and O–H groups in total. The van der Waals surface area contributed by atoms with Gasteiger partial charge in [-0.2, -0.15) is 5.26 Å². The fourth-order valence-electron chi connectivity index (χ4n) is 5.24. The van der Waals surface area contributed by atoms with Crippen LogP contribution in [0.3, 0.4) is 0 Å². The number of oxazole rings is 1. The quantitative estimate of drug-likeness (QED) is 0.147. The van der Waals surface area contributed by atoms with Gasteiger partial charge in [-0.1, -0.05) is 35.3 Å².